The van der Waals surface area contributed by atoms with Crippen molar-refractivity contribution in [3.63, 3.8) is 0 Å². The first kappa shape index (κ1) is 14.7. The van der Waals surface area contributed by atoms with Gasteiger partial charge in [0.25, 0.3) is 0 Å². The minimum absolute atomic E-state index is 0.0533. The second-order valence-electron chi connectivity index (χ2n) is 3.74. The predicted molar refractivity (Wildman–Crippen MR) is 70.1 cm³/mol. The van der Waals surface area contributed by atoms with E-state index in [2.05, 4.69) is 4.74 Å². The highest BCUT2D eigenvalue weighted by atomic mass is 32.1. The van der Waals surface area contributed by atoms with Crippen LogP contribution in [0.15, 0.2) is 28.9 Å². The van der Waals surface area contributed by atoms with Crippen LogP contribution in [0.1, 0.15) is 25.8 Å². The number of nitro groups is 1. The average molecular weight is 311 g/mol. The van der Waals surface area contributed by atoms with Crippen LogP contribution in [0.3, 0.4) is 0 Å². The maximum atomic E-state index is 11.7. The Labute approximate surface area is 122 Å². The minimum Gasteiger partial charge on any atom is -0.463 e. The number of esters is 2. The fourth-order valence-electron chi connectivity index (χ4n) is 1.47. The number of hydrogen-bond acceptors (Lipinski definition) is 8. The molecule has 0 aliphatic heterocycles. The van der Waals surface area contributed by atoms with Crippen molar-refractivity contribution in [3.8, 4) is 0 Å². The molecule has 0 radical (unpaired) electrons. The molecular formula is C12H9NO7S. The zero-order valence-corrected chi connectivity index (χ0v) is 11.5. The van der Waals surface area contributed by atoms with E-state index in [1.165, 1.54) is 31.6 Å². The molecule has 0 amide bonds. The summed E-state index contributed by atoms with van der Waals surface area (Å²) in [5.41, 5.74) is 0.348. The molecule has 0 atom stereocenters. The average Bonchev–Trinajstić information content (AvgIpc) is 3.12. The summed E-state index contributed by atoms with van der Waals surface area (Å²) < 4.78 is 14.4. The fourth-order valence-corrected chi connectivity index (χ4v) is 2.19. The van der Waals surface area contributed by atoms with Crippen molar-refractivity contribution < 1.29 is 28.4 Å². The summed E-state index contributed by atoms with van der Waals surface area (Å²) in [4.78, 5) is 33.1. The lowest BCUT2D eigenvalue weighted by molar-refractivity contribution is -0.380. The van der Waals surface area contributed by atoms with Gasteiger partial charge in [-0.3, -0.25) is 10.1 Å². The number of thiophene rings is 1. The monoisotopic (exact) mass is 311 g/mol. The summed E-state index contributed by atoms with van der Waals surface area (Å²) in [5, 5.41) is 10.4. The third-order valence-corrected chi connectivity index (χ3v) is 3.47. The van der Waals surface area contributed by atoms with Gasteiger partial charge < -0.3 is 13.9 Å². The molecule has 0 saturated heterocycles. The molecule has 2 aromatic rings. The SMILES string of the molecule is COC(=O)c1occc1COC(=O)c1ccc([N+](=O)[O-])s1. The van der Waals surface area contributed by atoms with Gasteiger partial charge in [-0.2, -0.15) is 0 Å². The van der Waals surface area contributed by atoms with Crippen molar-refractivity contribution >= 4 is 28.3 Å². The Morgan fingerprint density at radius 3 is 2.71 bits per heavy atom. The largest absolute Gasteiger partial charge is 0.463 e. The summed E-state index contributed by atoms with van der Waals surface area (Å²) in [6.07, 6.45) is 1.27. The molecule has 9 heteroatoms. The van der Waals surface area contributed by atoms with Crippen LogP contribution >= 0.6 is 11.3 Å². The first-order valence-corrected chi connectivity index (χ1v) is 6.40. The summed E-state index contributed by atoms with van der Waals surface area (Å²) in [7, 11) is 1.20. The molecule has 0 bridgehead atoms. The molecule has 2 heterocycles. The smallest absolute Gasteiger partial charge is 0.374 e. The molecule has 8 nitrogen and oxygen atoms in total. The van der Waals surface area contributed by atoms with Crippen molar-refractivity contribution in [1.29, 1.82) is 0 Å². The number of nitrogens with zero attached hydrogens (tertiary/aromatic N) is 1. The molecule has 0 aliphatic rings. The standard InChI is InChI=1S/C12H9NO7S/c1-18-12(15)10-7(4-5-19-10)6-20-11(14)8-2-3-9(21-8)13(16)17/h2-5H,6H2,1H3. The Bertz CT molecular complexity index is 687. The summed E-state index contributed by atoms with van der Waals surface area (Å²) >= 11 is 0.713. The normalized spacial score (nSPS) is 10.1. The van der Waals surface area contributed by atoms with E-state index in [-0.39, 0.29) is 22.2 Å². The molecule has 0 fully saturated rings. The highest BCUT2D eigenvalue weighted by Gasteiger charge is 2.19. The molecule has 2 aromatic heterocycles. The van der Waals surface area contributed by atoms with Gasteiger partial charge in [-0.1, -0.05) is 11.3 Å². The second kappa shape index (κ2) is 6.18. The number of methoxy groups -OCH3 is 1. The molecule has 0 aromatic carbocycles. The van der Waals surface area contributed by atoms with Crippen LogP contribution in [0.25, 0.3) is 0 Å². The van der Waals surface area contributed by atoms with Crippen molar-refractivity contribution in [1.82, 2.24) is 0 Å². The van der Waals surface area contributed by atoms with Crippen molar-refractivity contribution in [2.45, 2.75) is 6.61 Å². The predicted octanol–water partition coefficient (Wildman–Crippen LogP) is 2.39. The van der Waals surface area contributed by atoms with Gasteiger partial charge in [0.2, 0.25) is 5.76 Å². The number of furan rings is 1. The Morgan fingerprint density at radius 1 is 1.33 bits per heavy atom. The van der Waals surface area contributed by atoms with Crippen molar-refractivity contribution in [2.75, 3.05) is 7.11 Å². The van der Waals surface area contributed by atoms with Gasteiger partial charge >= 0.3 is 16.9 Å². The Hall–Kier alpha value is -2.68. The third kappa shape index (κ3) is 3.26. The summed E-state index contributed by atoms with van der Waals surface area (Å²) in [6, 6.07) is 4.00. The van der Waals surface area contributed by atoms with Crippen LogP contribution in [-0.2, 0) is 16.1 Å². The first-order chi connectivity index (χ1) is 10.0. The summed E-state index contributed by atoms with van der Waals surface area (Å²) in [5.74, 6) is -1.45. The quantitative estimate of drug-likeness (QED) is 0.473. The maximum Gasteiger partial charge on any atom is 0.374 e. The van der Waals surface area contributed by atoms with Gasteiger partial charge in [-0.05, 0) is 12.1 Å². The van der Waals surface area contributed by atoms with E-state index >= 15 is 0 Å². The topological polar surface area (TPSA) is 109 Å². The van der Waals surface area contributed by atoms with Gasteiger partial charge in [0.1, 0.15) is 11.5 Å². The molecule has 21 heavy (non-hydrogen) atoms. The van der Waals surface area contributed by atoms with Crippen molar-refractivity contribution in [2.24, 2.45) is 0 Å². The van der Waals surface area contributed by atoms with Gasteiger partial charge in [0, 0.05) is 11.6 Å². The maximum absolute atomic E-state index is 11.7. The molecule has 0 N–H and O–H groups in total. The van der Waals surface area contributed by atoms with Crippen molar-refractivity contribution in [3.05, 3.63) is 50.8 Å². The van der Waals surface area contributed by atoms with Crippen LogP contribution in [0.2, 0.25) is 0 Å². The first-order valence-electron chi connectivity index (χ1n) is 5.59. The Balaban J connectivity index is 2.02. The van der Waals surface area contributed by atoms with Crippen LogP contribution in [0.5, 0.6) is 0 Å². The molecule has 0 saturated carbocycles. The van der Waals surface area contributed by atoms with E-state index in [0.29, 0.717) is 16.9 Å². The van der Waals surface area contributed by atoms with Crippen LogP contribution in [-0.4, -0.2) is 24.0 Å². The van der Waals surface area contributed by atoms with E-state index in [1.807, 2.05) is 0 Å². The Morgan fingerprint density at radius 2 is 2.10 bits per heavy atom. The van der Waals surface area contributed by atoms with Gasteiger partial charge in [0.15, 0.2) is 0 Å². The highest BCUT2D eigenvalue weighted by Crippen LogP contribution is 2.25. The minimum atomic E-state index is -0.717. The van der Waals surface area contributed by atoms with E-state index in [4.69, 9.17) is 9.15 Å². The second-order valence-corrected chi connectivity index (χ2v) is 4.80. The van der Waals surface area contributed by atoms with Gasteiger partial charge in [-0.15, -0.1) is 0 Å². The lowest BCUT2D eigenvalue weighted by Gasteiger charge is -2.02. The van der Waals surface area contributed by atoms with E-state index in [0.717, 1.165) is 0 Å². The number of carbonyl (C=O) groups excluding carboxylic acids is 2. The lowest BCUT2D eigenvalue weighted by Crippen LogP contribution is -2.07. The van der Waals surface area contributed by atoms with E-state index in [1.54, 1.807) is 0 Å². The highest BCUT2D eigenvalue weighted by molar-refractivity contribution is 7.17. The molecular weight excluding hydrogens is 302 g/mol. The fraction of sp³-hybridized carbons (Fsp3) is 0.167. The van der Waals surface area contributed by atoms with E-state index in [9.17, 15) is 19.7 Å². The summed E-state index contributed by atoms with van der Waals surface area (Å²) in [6.45, 7) is -0.203. The Kier molecular flexibility index (Phi) is 4.33. The number of ether oxygens (including phenoxy) is 2. The lowest BCUT2D eigenvalue weighted by atomic mass is 10.2. The molecule has 0 aliphatic carbocycles. The molecule has 0 unspecified atom stereocenters. The zero-order chi connectivity index (χ0) is 15.4. The molecule has 110 valence electrons. The molecule has 0 spiro atoms. The third-order valence-electron chi connectivity index (χ3n) is 2.45. The number of carbonyl (C=O) groups is 2. The number of rotatable bonds is 5. The van der Waals surface area contributed by atoms with Crippen LogP contribution in [0.4, 0.5) is 5.00 Å². The van der Waals surface area contributed by atoms with E-state index < -0.39 is 16.9 Å². The van der Waals surface area contributed by atoms with Gasteiger partial charge in [0.05, 0.1) is 18.3 Å². The van der Waals surface area contributed by atoms with Crippen LogP contribution < -0.4 is 0 Å². The molecule has 2 rings (SSSR count). The zero-order valence-electron chi connectivity index (χ0n) is 10.7. The van der Waals surface area contributed by atoms with Crippen LogP contribution in [0, 0.1) is 10.1 Å². The number of hydrogen-bond donors (Lipinski definition) is 0. The van der Waals surface area contributed by atoms with Gasteiger partial charge in [-0.25, -0.2) is 9.59 Å².